The second kappa shape index (κ2) is 8.38. The van der Waals surface area contributed by atoms with Crippen LogP contribution < -0.4 is 0 Å². The first kappa shape index (κ1) is 22.4. The molecule has 3 heteroatoms. The highest BCUT2D eigenvalue weighted by Gasteiger charge is 2.52. The molecular formula is C33H34O3. The number of ketones is 2. The van der Waals surface area contributed by atoms with Gasteiger partial charge in [0.1, 0.15) is 17.5 Å². The van der Waals surface area contributed by atoms with Crippen LogP contribution >= 0.6 is 0 Å². The number of benzene rings is 3. The van der Waals surface area contributed by atoms with Crippen LogP contribution in [-0.2, 0) is 21.6 Å². The number of fused-ring (bicyclic) bond motifs is 1. The van der Waals surface area contributed by atoms with E-state index in [0.717, 1.165) is 39.7 Å². The predicted octanol–water partition coefficient (Wildman–Crippen LogP) is 6.87. The van der Waals surface area contributed by atoms with Crippen LogP contribution in [0.2, 0.25) is 0 Å². The fourth-order valence-corrected chi connectivity index (χ4v) is 8.73. The van der Waals surface area contributed by atoms with E-state index in [4.69, 9.17) is 0 Å². The van der Waals surface area contributed by atoms with Crippen molar-refractivity contribution in [2.24, 2.45) is 17.8 Å². The van der Waals surface area contributed by atoms with E-state index in [2.05, 4.69) is 42.5 Å². The van der Waals surface area contributed by atoms with Crippen LogP contribution in [0.4, 0.5) is 0 Å². The molecular weight excluding hydrogens is 444 g/mol. The predicted molar refractivity (Wildman–Crippen MR) is 142 cm³/mol. The Morgan fingerprint density at radius 2 is 1.31 bits per heavy atom. The van der Waals surface area contributed by atoms with E-state index < -0.39 is 5.92 Å². The van der Waals surface area contributed by atoms with Gasteiger partial charge >= 0.3 is 0 Å². The quantitative estimate of drug-likeness (QED) is 0.416. The lowest BCUT2D eigenvalue weighted by Gasteiger charge is -2.57. The van der Waals surface area contributed by atoms with Gasteiger partial charge in [0.15, 0.2) is 0 Å². The summed E-state index contributed by atoms with van der Waals surface area (Å²) in [5.41, 5.74) is 5.96. The molecule has 0 heterocycles. The van der Waals surface area contributed by atoms with E-state index in [9.17, 15) is 14.7 Å². The van der Waals surface area contributed by atoms with Crippen LogP contribution in [0.15, 0.2) is 54.6 Å². The highest BCUT2D eigenvalue weighted by atomic mass is 16.3. The molecule has 0 aromatic heterocycles. The molecule has 1 N–H and O–H groups in total. The maximum Gasteiger partial charge on any atom is 0.147 e. The number of hydrogen-bond acceptors (Lipinski definition) is 3. The first-order valence-corrected chi connectivity index (χ1v) is 13.9. The minimum Gasteiger partial charge on any atom is -0.392 e. The molecule has 3 aromatic rings. The van der Waals surface area contributed by atoms with Gasteiger partial charge in [-0.25, -0.2) is 0 Å². The molecule has 0 saturated heterocycles. The lowest BCUT2D eigenvalue weighted by molar-refractivity contribution is -0.131. The number of carbonyl (C=O) groups excluding carboxylic acids is 2. The first-order valence-electron chi connectivity index (χ1n) is 13.9. The third kappa shape index (κ3) is 3.58. The Morgan fingerprint density at radius 1 is 0.722 bits per heavy atom. The van der Waals surface area contributed by atoms with Gasteiger partial charge in [0, 0.05) is 12.8 Å². The maximum atomic E-state index is 12.5. The molecule has 0 spiro atoms. The average Bonchev–Trinajstić information content (AvgIpc) is 2.87. The molecule has 4 bridgehead atoms. The van der Waals surface area contributed by atoms with Crippen molar-refractivity contribution in [2.75, 3.05) is 0 Å². The molecule has 0 radical (unpaired) electrons. The zero-order valence-corrected chi connectivity index (χ0v) is 20.8. The lowest BCUT2D eigenvalue weighted by Crippen LogP contribution is -2.49. The number of Topliss-reactive ketones (excluding diaryl/α,β-unsaturated/α-hetero) is 2. The summed E-state index contributed by atoms with van der Waals surface area (Å²) in [5, 5.41) is 12.4. The lowest BCUT2D eigenvalue weighted by atomic mass is 9.47. The van der Waals surface area contributed by atoms with Gasteiger partial charge in [-0.1, -0.05) is 42.5 Å². The number of aliphatic hydroxyl groups is 1. The summed E-state index contributed by atoms with van der Waals surface area (Å²) < 4.78 is 0. The molecule has 184 valence electrons. The molecule has 36 heavy (non-hydrogen) atoms. The summed E-state index contributed by atoms with van der Waals surface area (Å²) in [6.45, 7) is 0.108. The summed E-state index contributed by atoms with van der Waals surface area (Å²) >= 11 is 0. The molecule has 5 fully saturated rings. The average molecular weight is 479 g/mol. The summed E-state index contributed by atoms with van der Waals surface area (Å²) in [5.74, 6) is 2.13. The Morgan fingerprint density at radius 3 is 1.97 bits per heavy atom. The minimum absolute atomic E-state index is 0.0587. The van der Waals surface area contributed by atoms with E-state index in [1.54, 1.807) is 0 Å². The van der Waals surface area contributed by atoms with E-state index in [-0.39, 0.29) is 23.6 Å². The second-order valence-electron chi connectivity index (χ2n) is 12.3. The molecule has 3 aromatic carbocycles. The van der Waals surface area contributed by atoms with Crippen molar-refractivity contribution in [3.63, 3.8) is 0 Å². The Bertz CT molecular complexity index is 1330. The Kier molecular flexibility index (Phi) is 5.22. The molecule has 5 saturated carbocycles. The molecule has 0 atom stereocenters. The van der Waals surface area contributed by atoms with E-state index >= 15 is 0 Å². The molecule has 5 aliphatic rings. The first-order chi connectivity index (χ1) is 17.5. The van der Waals surface area contributed by atoms with Gasteiger partial charge in [0.25, 0.3) is 0 Å². The smallest absolute Gasteiger partial charge is 0.147 e. The Balaban J connectivity index is 1.25. The minimum atomic E-state index is -0.586. The normalized spacial score (nSPS) is 29.9. The van der Waals surface area contributed by atoms with Gasteiger partial charge in [-0.3, -0.25) is 9.59 Å². The Hall–Kier alpha value is -2.78. The topological polar surface area (TPSA) is 54.4 Å². The van der Waals surface area contributed by atoms with Gasteiger partial charge in [0.2, 0.25) is 0 Å². The molecule has 5 aliphatic carbocycles. The van der Waals surface area contributed by atoms with E-state index in [1.165, 1.54) is 55.2 Å². The maximum absolute atomic E-state index is 12.5. The number of aliphatic hydroxyl groups excluding tert-OH is 1. The zero-order chi connectivity index (χ0) is 24.4. The van der Waals surface area contributed by atoms with Crippen LogP contribution in [0.25, 0.3) is 21.9 Å². The van der Waals surface area contributed by atoms with Crippen LogP contribution in [0.3, 0.4) is 0 Å². The van der Waals surface area contributed by atoms with E-state index in [0.29, 0.717) is 19.3 Å². The van der Waals surface area contributed by atoms with Crippen molar-refractivity contribution in [3.05, 3.63) is 71.3 Å². The summed E-state index contributed by atoms with van der Waals surface area (Å²) in [7, 11) is 0. The van der Waals surface area contributed by atoms with Crippen LogP contribution in [-0.4, -0.2) is 16.7 Å². The summed E-state index contributed by atoms with van der Waals surface area (Å²) in [6, 6.07) is 19.2. The SMILES string of the molecule is O=C1CCCC(=O)C1c1ccc2cc(-c3ccc(CO)c(C45CC6CC(CC(C6)C4)C5)c3)ccc2c1. The van der Waals surface area contributed by atoms with E-state index in [1.807, 2.05) is 12.1 Å². The fraction of sp³-hybridized carbons (Fsp3) is 0.455. The second-order valence-corrected chi connectivity index (χ2v) is 12.3. The van der Waals surface area contributed by atoms with Gasteiger partial charge in [-0.05, 0) is 119 Å². The van der Waals surface area contributed by atoms with Crippen molar-refractivity contribution in [1.29, 1.82) is 0 Å². The summed E-state index contributed by atoms with van der Waals surface area (Å²) in [4.78, 5) is 24.9. The van der Waals surface area contributed by atoms with Gasteiger partial charge in [0.05, 0.1) is 6.61 Å². The van der Waals surface area contributed by atoms with Crippen molar-refractivity contribution in [2.45, 2.75) is 75.7 Å². The third-order valence-corrected chi connectivity index (χ3v) is 9.91. The molecule has 0 unspecified atom stereocenters. The number of rotatable bonds is 4. The monoisotopic (exact) mass is 478 g/mol. The van der Waals surface area contributed by atoms with Crippen molar-refractivity contribution in [3.8, 4) is 11.1 Å². The van der Waals surface area contributed by atoms with Crippen molar-refractivity contribution < 1.29 is 14.7 Å². The molecule has 0 aliphatic heterocycles. The highest BCUT2D eigenvalue weighted by molar-refractivity contribution is 6.10. The molecule has 0 amide bonds. The van der Waals surface area contributed by atoms with Gasteiger partial charge in [-0.2, -0.15) is 0 Å². The van der Waals surface area contributed by atoms with Crippen molar-refractivity contribution in [1.82, 2.24) is 0 Å². The number of hydrogen-bond donors (Lipinski definition) is 1. The van der Waals surface area contributed by atoms with Gasteiger partial charge < -0.3 is 5.11 Å². The standard InChI is InChI=1S/C33H34O3/c34-19-28-9-7-26(15-29(28)33-16-20-10-21(17-33)12-22(11-20)18-33)24-4-5-25-14-27(8-6-23(25)13-24)32-30(35)2-1-3-31(32)36/h4-9,13-15,20-22,32,34H,1-3,10-12,16-19H2. The zero-order valence-electron chi connectivity index (χ0n) is 20.8. The molecule has 8 rings (SSSR count). The Labute approximate surface area is 212 Å². The van der Waals surface area contributed by atoms with Crippen LogP contribution in [0, 0.1) is 17.8 Å². The summed E-state index contributed by atoms with van der Waals surface area (Å²) in [6.07, 6.45) is 9.80. The third-order valence-electron chi connectivity index (χ3n) is 9.91. The van der Waals surface area contributed by atoms with Gasteiger partial charge in [-0.15, -0.1) is 0 Å². The fourth-order valence-electron chi connectivity index (χ4n) is 8.73. The van der Waals surface area contributed by atoms with Crippen LogP contribution in [0.1, 0.15) is 80.4 Å². The van der Waals surface area contributed by atoms with Crippen molar-refractivity contribution >= 4 is 22.3 Å². The van der Waals surface area contributed by atoms with Crippen LogP contribution in [0.5, 0.6) is 0 Å². The molecule has 3 nitrogen and oxygen atoms in total. The largest absolute Gasteiger partial charge is 0.392 e. The number of carbonyl (C=O) groups is 2. The highest BCUT2D eigenvalue weighted by Crippen LogP contribution is 2.61.